The third kappa shape index (κ3) is 6.64. The highest BCUT2D eigenvalue weighted by Crippen LogP contribution is 2.82. The van der Waals surface area contributed by atoms with Crippen molar-refractivity contribution in [2.24, 2.45) is 0 Å². The van der Waals surface area contributed by atoms with E-state index in [2.05, 4.69) is 41.0 Å². The second-order valence-corrected chi connectivity index (χ2v) is 15.3. The molecule has 0 bridgehead atoms. The van der Waals surface area contributed by atoms with Gasteiger partial charge < -0.3 is 40.3 Å². The molecule has 0 aromatic carbocycles. The number of aromatic nitrogens is 4. The second-order valence-electron chi connectivity index (χ2n) is 7.15. The molecule has 2 aliphatic heterocycles. The van der Waals surface area contributed by atoms with E-state index in [4.69, 9.17) is 15.4 Å². The lowest BCUT2D eigenvalue weighted by molar-refractivity contribution is -0.0503. The standard InChI is InChI=1S/C10H16N5O18P5/c11-8-5-9(13-2-12-8)15(3-14-5)10-7(17)6(16)4(28-10)1-27-34(18,19)31-38(26)32-36(22,23)29-35(20,21)30-37(24,25)33-38/h2-4,6-7,10,16-17H,1H2,(H,18,19)(H,20,21)(H,22,23)(H,24,25)(H2,11,12,13)/t4-,6-,7-,10-/m1/s1. The maximum absolute atomic E-state index is 12.5. The second kappa shape index (κ2) is 10.1. The summed E-state index contributed by atoms with van der Waals surface area (Å²) >= 11 is 0. The average Bonchev–Trinajstić information content (AvgIpc) is 3.24. The van der Waals surface area contributed by atoms with Crippen molar-refractivity contribution in [2.45, 2.75) is 24.5 Å². The van der Waals surface area contributed by atoms with E-state index in [-0.39, 0.29) is 17.0 Å². The Balaban J connectivity index is 1.47. The van der Waals surface area contributed by atoms with Gasteiger partial charge in [0.25, 0.3) is 0 Å². The van der Waals surface area contributed by atoms with Crippen molar-refractivity contribution in [2.75, 3.05) is 12.3 Å². The molecule has 4 rings (SSSR count). The van der Waals surface area contributed by atoms with Crippen LogP contribution in [0.3, 0.4) is 0 Å². The Morgan fingerprint density at radius 3 is 2.16 bits per heavy atom. The van der Waals surface area contributed by atoms with Crippen molar-refractivity contribution >= 4 is 56.1 Å². The van der Waals surface area contributed by atoms with Crippen LogP contribution in [0.4, 0.5) is 5.82 Å². The van der Waals surface area contributed by atoms with Gasteiger partial charge in [-0.3, -0.25) is 9.09 Å². The van der Waals surface area contributed by atoms with Gasteiger partial charge in [0.2, 0.25) is 0 Å². The van der Waals surface area contributed by atoms with Crippen molar-refractivity contribution in [3.63, 3.8) is 0 Å². The van der Waals surface area contributed by atoms with Crippen LogP contribution in [0.25, 0.3) is 11.2 Å². The van der Waals surface area contributed by atoms with Gasteiger partial charge in [0.1, 0.15) is 30.2 Å². The number of anilines is 1. The zero-order valence-corrected chi connectivity index (χ0v) is 22.3. The first kappa shape index (κ1) is 30.0. The SMILES string of the molecule is Nc1ncnc2c1ncn2[C@@H]1O[C@H](COP(=O)(O)OP2(=O)OP(=O)(O)OP(=O)(O)OP(=O)(O)O2)[C@@H](O)[C@H]1O. The van der Waals surface area contributed by atoms with E-state index >= 15 is 0 Å². The Bertz CT molecular complexity index is 1440. The maximum Gasteiger partial charge on any atom is 0.501 e. The van der Waals surface area contributed by atoms with Crippen LogP contribution in [0.15, 0.2) is 12.7 Å². The Labute approximate surface area is 209 Å². The van der Waals surface area contributed by atoms with Gasteiger partial charge in [0, 0.05) is 0 Å². The van der Waals surface area contributed by atoms with Crippen molar-refractivity contribution in [3.8, 4) is 0 Å². The van der Waals surface area contributed by atoms with Crippen molar-refractivity contribution in [3.05, 3.63) is 12.7 Å². The summed E-state index contributed by atoms with van der Waals surface area (Å²) in [6.07, 6.45) is -4.26. The molecular weight excluding hydrogens is 633 g/mol. The normalized spacial score (nSPS) is 41.9. The maximum atomic E-state index is 12.5. The van der Waals surface area contributed by atoms with E-state index in [1.54, 1.807) is 0 Å². The molecule has 2 aromatic heterocycles. The largest absolute Gasteiger partial charge is 0.501 e. The summed E-state index contributed by atoms with van der Waals surface area (Å²) in [5.74, 6) is -0.00831. The molecule has 0 radical (unpaired) electrons. The van der Waals surface area contributed by atoms with Crippen LogP contribution in [-0.4, -0.2) is 74.2 Å². The van der Waals surface area contributed by atoms with Crippen LogP contribution < -0.4 is 5.73 Å². The Kier molecular flexibility index (Phi) is 7.97. The molecule has 0 aliphatic carbocycles. The summed E-state index contributed by atoms with van der Waals surface area (Å²) in [5.41, 5.74) is 5.89. The summed E-state index contributed by atoms with van der Waals surface area (Å²) in [4.78, 5) is 49.4. The minimum absolute atomic E-state index is 0.00831. The highest BCUT2D eigenvalue weighted by atomic mass is 31.3. The molecular formula is C10H16N5O18P5. The molecule has 4 heterocycles. The van der Waals surface area contributed by atoms with Gasteiger partial charge in [-0.2, -0.15) is 21.6 Å². The molecule has 0 amide bonds. The Morgan fingerprint density at radius 2 is 1.55 bits per heavy atom. The number of imidazole rings is 1. The number of phosphoric ester groups is 1. The van der Waals surface area contributed by atoms with E-state index in [1.807, 2.05) is 0 Å². The van der Waals surface area contributed by atoms with Gasteiger partial charge in [0.15, 0.2) is 17.7 Å². The molecule has 0 saturated carbocycles. The van der Waals surface area contributed by atoms with Gasteiger partial charge >= 0.3 is 39.1 Å². The van der Waals surface area contributed by atoms with Crippen LogP contribution in [-0.2, 0) is 53.6 Å². The highest BCUT2D eigenvalue weighted by molar-refractivity contribution is 7.76. The lowest BCUT2D eigenvalue weighted by Gasteiger charge is -2.26. The summed E-state index contributed by atoms with van der Waals surface area (Å²) in [5, 5.41) is 20.7. The number of ether oxygens (including phenoxy) is 1. The molecule has 0 spiro atoms. The number of nitrogens with two attached hydrogens (primary N) is 1. The monoisotopic (exact) mass is 649 g/mol. The van der Waals surface area contributed by atoms with E-state index in [0.29, 0.717) is 0 Å². The molecule has 3 unspecified atom stereocenters. The minimum atomic E-state index is -6.12. The zero-order valence-electron chi connectivity index (χ0n) is 17.9. The molecule has 23 nitrogen and oxygen atoms in total. The van der Waals surface area contributed by atoms with E-state index in [1.165, 1.54) is 0 Å². The number of nitrogen functional groups attached to an aromatic ring is 1. The zero-order chi connectivity index (χ0) is 28.3. The number of hydrogen-bond donors (Lipinski definition) is 7. The van der Waals surface area contributed by atoms with Crippen LogP contribution in [0, 0.1) is 0 Å². The van der Waals surface area contributed by atoms with Crippen LogP contribution in [0.5, 0.6) is 0 Å². The summed E-state index contributed by atoms with van der Waals surface area (Å²) in [6, 6.07) is 0. The Hall–Kier alpha value is -1.02. The fraction of sp³-hybridized carbons (Fsp3) is 0.500. The van der Waals surface area contributed by atoms with Crippen LogP contribution >= 0.6 is 39.1 Å². The summed E-state index contributed by atoms with van der Waals surface area (Å²) in [6.45, 7) is -1.11. The first-order valence-corrected chi connectivity index (χ1v) is 16.8. The minimum Gasteiger partial charge on any atom is -0.387 e. The smallest absolute Gasteiger partial charge is 0.387 e. The third-order valence-corrected chi connectivity index (χ3v) is 13.1. The molecule has 2 aromatic rings. The number of aliphatic hydroxyl groups is 2. The highest BCUT2D eigenvalue weighted by Gasteiger charge is 2.57. The van der Waals surface area contributed by atoms with Crippen molar-refractivity contribution < 1.29 is 83.4 Å². The predicted octanol–water partition coefficient (Wildman–Crippen LogP) is -0.349. The quantitative estimate of drug-likeness (QED) is 0.197. The van der Waals surface area contributed by atoms with Crippen LogP contribution in [0.1, 0.15) is 6.23 Å². The number of fused-ring (bicyclic) bond motifs is 1. The lowest BCUT2D eigenvalue weighted by atomic mass is 10.1. The van der Waals surface area contributed by atoms with Gasteiger partial charge in [-0.25, -0.2) is 37.8 Å². The van der Waals surface area contributed by atoms with Crippen molar-refractivity contribution in [1.82, 2.24) is 19.5 Å². The Morgan fingerprint density at radius 1 is 0.974 bits per heavy atom. The predicted molar refractivity (Wildman–Crippen MR) is 114 cm³/mol. The number of aliphatic hydroxyl groups excluding tert-OH is 2. The first-order chi connectivity index (χ1) is 17.3. The van der Waals surface area contributed by atoms with Crippen molar-refractivity contribution in [1.29, 1.82) is 0 Å². The lowest BCUT2D eigenvalue weighted by Crippen LogP contribution is -2.33. The molecule has 28 heteroatoms. The number of rotatable bonds is 6. The molecule has 2 saturated heterocycles. The molecule has 38 heavy (non-hydrogen) atoms. The first-order valence-electron chi connectivity index (χ1n) is 9.38. The third-order valence-electron chi connectivity index (χ3n) is 4.42. The van der Waals surface area contributed by atoms with Gasteiger partial charge in [0.05, 0.1) is 12.9 Å². The molecule has 2 fully saturated rings. The van der Waals surface area contributed by atoms with Gasteiger partial charge in [-0.1, -0.05) is 0 Å². The van der Waals surface area contributed by atoms with Gasteiger partial charge in [-0.15, -0.1) is 0 Å². The fourth-order valence-corrected chi connectivity index (χ4v) is 11.0. The molecule has 8 N–H and O–H groups in total. The van der Waals surface area contributed by atoms with E-state index < -0.39 is 70.3 Å². The van der Waals surface area contributed by atoms with Crippen LogP contribution in [0.2, 0.25) is 0 Å². The fourth-order valence-electron chi connectivity index (χ4n) is 3.07. The molecule has 214 valence electrons. The average molecular weight is 649 g/mol. The summed E-state index contributed by atoms with van der Waals surface area (Å²) in [7, 11) is -29.6. The topological polar surface area (TPSA) is 341 Å². The number of hydrogen-bond acceptors (Lipinski definition) is 18. The van der Waals surface area contributed by atoms with E-state index in [0.717, 1.165) is 17.2 Å². The molecule has 7 atom stereocenters. The summed E-state index contributed by atoms with van der Waals surface area (Å²) < 4.78 is 89.4. The number of phosphoric acid groups is 5. The molecule has 2 aliphatic rings. The van der Waals surface area contributed by atoms with E-state index in [9.17, 15) is 47.7 Å². The van der Waals surface area contributed by atoms with Gasteiger partial charge in [-0.05, 0) is 0 Å². The number of nitrogens with zero attached hydrogens (tertiary/aromatic N) is 4.